The highest BCUT2D eigenvalue weighted by molar-refractivity contribution is 5.63. The van der Waals surface area contributed by atoms with Gasteiger partial charge in [0.05, 0.1) is 7.11 Å². The molecule has 21 heavy (non-hydrogen) atoms. The van der Waals surface area contributed by atoms with Crippen LogP contribution in [-0.4, -0.2) is 29.7 Å². The predicted molar refractivity (Wildman–Crippen MR) is 87.0 cm³/mol. The molecule has 0 amide bonds. The minimum Gasteiger partial charge on any atom is -0.490 e. The number of aromatic nitrogens is 2. The van der Waals surface area contributed by atoms with Crippen molar-refractivity contribution in [3.63, 3.8) is 0 Å². The summed E-state index contributed by atoms with van der Waals surface area (Å²) in [5, 5.41) is 6.83. The lowest BCUT2D eigenvalue weighted by Crippen LogP contribution is -2.30. The molecule has 0 spiro atoms. The Morgan fingerprint density at radius 3 is 2.52 bits per heavy atom. The molecule has 0 radical (unpaired) electrons. The molecular weight excluding hydrogens is 264 g/mol. The van der Waals surface area contributed by atoms with E-state index in [1.54, 1.807) is 13.4 Å². The standard InChI is InChI=1S/C16H28N4O/c1-5-10-17-14-13(21-4)15(19-11-18-14)20-12-6-8-16(2,3)9-7-12/h11-12H,5-10H2,1-4H3,(H2,17,18,19,20). The third kappa shape index (κ3) is 4.22. The first-order valence-electron chi connectivity index (χ1n) is 7.95. The highest BCUT2D eigenvalue weighted by atomic mass is 16.5. The van der Waals surface area contributed by atoms with E-state index in [1.807, 2.05) is 0 Å². The van der Waals surface area contributed by atoms with Crippen LogP contribution >= 0.6 is 0 Å². The Morgan fingerprint density at radius 2 is 1.90 bits per heavy atom. The summed E-state index contributed by atoms with van der Waals surface area (Å²) >= 11 is 0. The smallest absolute Gasteiger partial charge is 0.204 e. The van der Waals surface area contributed by atoms with E-state index in [-0.39, 0.29) is 0 Å². The van der Waals surface area contributed by atoms with Gasteiger partial charge >= 0.3 is 0 Å². The van der Waals surface area contributed by atoms with Gasteiger partial charge in [-0.2, -0.15) is 0 Å². The molecule has 1 aromatic heterocycles. The van der Waals surface area contributed by atoms with E-state index in [9.17, 15) is 0 Å². The van der Waals surface area contributed by atoms with Gasteiger partial charge in [0.15, 0.2) is 11.6 Å². The predicted octanol–water partition coefficient (Wildman–Crippen LogP) is 3.69. The van der Waals surface area contributed by atoms with E-state index in [0.29, 0.717) is 11.5 Å². The molecule has 1 heterocycles. The first-order valence-corrected chi connectivity index (χ1v) is 7.95. The zero-order valence-electron chi connectivity index (χ0n) is 13.7. The number of anilines is 2. The Balaban J connectivity index is 2.06. The Hall–Kier alpha value is -1.52. The summed E-state index contributed by atoms with van der Waals surface area (Å²) in [6.07, 6.45) is 7.50. The lowest BCUT2D eigenvalue weighted by molar-refractivity contribution is 0.232. The van der Waals surface area contributed by atoms with Crippen LogP contribution in [0.3, 0.4) is 0 Å². The van der Waals surface area contributed by atoms with E-state index in [1.165, 1.54) is 25.7 Å². The number of ether oxygens (including phenoxy) is 1. The molecule has 0 atom stereocenters. The molecular formula is C16H28N4O. The average molecular weight is 292 g/mol. The summed E-state index contributed by atoms with van der Waals surface area (Å²) in [6, 6.07) is 0.473. The summed E-state index contributed by atoms with van der Waals surface area (Å²) in [7, 11) is 1.67. The first kappa shape index (κ1) is 15.9. The number of methoxy groups -OCH3 is 1. The van der Waals surface area contributed by atoms with Crippen molar-refractivity contribution < 1.29 is 4.74 Å². The van der Waals surface area contributed by atoms with Crippen LogP contribution in [0, 0.1) is 5.41 Å². The average Bonchev–Trinajstić information content (AvgIpc) is 2.47. The maximum Gasteiger partial charge on any atom is 0.204 e. The van der Waals surface area contributed by atoms with E-state index < -0.39 is 0 Å². The number of nitrogens with zero attached hydrogens (tertiary/aromatic N) is 2. The monoisotopic (exact) mass is 292 g/mol. The van der Waals surface area contributed by atoms with Crippen molar-refractivity contribution in [2.45, 2.75) is 58.9 Å². The van der Waals surface area contributed by atoms with Crippen molar-refractivity contribution in [1.82, 2.24) is 9.97 Å². The second-order valence-electron chi connectivity index (χ2n) is 6.61. The molecule has 0 aliphatic heterocycles. The molecule has 1 saturated carbocycles. The zero-order chi connectivity index (χ0) is 15.3. The molecule has 5 nitrogen and oxygen atoms in total. The summed E-state index contributed by atoms with van der Waals surface area (Å²) in [5.74, 6) is 2.29. The lowest BCUT2D eigenvalue weighted by Gasteiger charge is -2.35. The molecule has 5 heteroatoms. The van der Waals surface area contributed by atoms with Crippen molar-refractivity contribution in [3.05, 3.63) is 6.33 Å². The molecule has 0 bridgehead atoms. The molecule has 118 valence electrons. The highest BCUT2D eigenvalue weighted by Gasteiger charge is 2.27. The van der Waals surface area contributed by atoms with Crippen LogP contribution in [0.5, 0.6) is 5.75 Å². The molecule has 2 rings (SSSR count). The lowest BCUT2D eigenvalue weighted by atomic mass is 9.75. The van der Waals surface area contributed by atoms with Gasteiger partial charge in [0.25, 0.3) is 0 Å². The summed E-state index contributed by atoms with van der Waals surface area (Å²) in [4.78, 5) is 8.64. The van der Waals surface area contributed by atoms with Gasteiger partial charge in [0.1, 0.15) is 6.33 Å². The molecule has 0 unspecified atom stereocenters. The Bertz CT molecular complexity index is 452. The summed E-state index contributed by atoms with van der Waals surface area (Å²) in [6.45, 7) is 7.70. The van der Waals surface area contributed by atoms with Crippen molar-refractivity contribution in [2.75, 3.05) is 24.3 Å². The molecule has 1 fully saturated rings. The molecule has 1 aliphatic carbocycles. The SMILES string of the molecule is CCCNc1ncnc(NC2CCC(C)(C)CC2)c1OC. The fourth-order valence-electron chi connectivity index (χ4n) is 2.78. The van der Waals surface area contributed by atoms with Gasteiger partial charge in [0, 0.05) is 12.6 Å². The van der Waals surface area contributed by atoms with E-state index in [2.05, 4.69) is 41.4 Å². The maximum absolute atomic E-state index is 5.51. The Labute approximate surface area is 127 Å². The van der Waals surface area contributed by atoms with Crippen LogP contribution in [0.15, 0.2) is 6.33 Å². The normalized spacial score (nSPS) is 18.3. The minimum absolute atomic E-state index is 0.473. The van der Waals surface area contributed by atoms with E-state index >= 15 is 0 Å². The molecule has 0 aromatic carbocycles. The Morgan fingerprint density at radius 1 is 1.24 bits per heavy atom. The number of nitrogens with one attached hydrogen (secondary N) is 2. The van der Waals surface area contributed by atoms with Gasteiger partial charge in [-0.25, -0.2) is 9.97 Å². The van der Waals surface area contributed by atoms with Crippen LogP contribution in [0.1, 0.15) is 52.9 Å². The van der Waals surface area contributed by atoms with E-state index in [0.717, 1.165) is 30.4 Å². The summed E-state index contributed by atoms with van der Waals surface area (Å²) < 4.78 is 5.51. The van der Waals surface area contributed by atoms with Crippen LogP contribution in [0.2, 0.25) is 0 Å². The first-order chi connectivity index (χ1) is 10.1. The fraction of sp³-hybridized carbons (Fsp3) is 0.750. The van der Waals surface area contributed by atoms with Crippen molar-refractivity contribution >= 4 is 11.6 Å². The largest absolute Gasteiger partial charge is 0.490 e. The zero-order valence-corrected chi connectivity index (χ0v) is 13.7. The van der Waals surface area contributed by atoms with Gasteiger partial charge in [0.2, 0.25) is 5.75 Å². The van der Waals surface area contributed by atoms with Crippen LogP contribution in [-0.2, 0) is 0 Å². The second kappa shape index (κ2) is 6.96. The van der Waals surface area contributed by atoms with Gasteiger partial charge in [-0.1, -0.05) is 20.8 Å². The van der Waals surface area contributed by atoms with Gasteiger partial charge < -0.3 is 15.4 Å². The third-order valence-corrected chi connectivity index (χ3v) is 4.23. The summed E-state index contributed by atoms with van der Waals surface area (Å²) in [5.41, 5.74) is 0.474. The molecule has 1 aliphatic rings. The fourth-order valence-corrected chi connectivity index (χ4v) is 2.78. The van der Waals surface area contributed by atoms with E-state index in [4.69, 9.17) is 4.74 Å². The topological polar surface area (TPSA) is 59.1 Å². The third-order valence-electron chi connectivity index (χ3n) is 4.23. The van der Waals surface area contributed by atoms with Crippen molar-refractivity contribution in [1.29, 1.82) is 0 Å². The van der Waals surface area contributed by atoms with Crippen molar-refractivity contribution in [3.8, 4) is 5.75 Å². The Kier molecular flexibility index (Phi) is 5.26. The number of hydrogen-bond donors (Lipinski definition) is 2. The quantitative estimate of drug-likeness (QED) is 0.837. The van der Waals surface area contributed by atoms with Crippen LogP contribution in [0.25, 0.3) is 0 Å². The number of rotatable bonds is 6. The van der Waals surface area contributed by atoms with Gasteiger partial charge in [-0.3, -0.25) is 0 Å². The van der Waals surface area contributed by atoms with Crippen molar-refractivity contribution in [2.24, 2.45) is 5.41 Å². The van der Waals surface area contributed by atoms with Crippen LogP contribution in [0.4, 0.5) is 11.6 Å². The maximum atomic E-state index is 5.51. The van der Waals surface area contributed by atoms with Crippen LogP contribution < -0.4 is 15.4 Å². The molecule has 2 N–H and O–H groups in total. The highest BCUT2D eigenvalue weighted by Crippen LogP contribution is 2.37. The molecule has 1 aromatic rings. The number of hydrogen-bond acceptors (Lipinski definition) is 5. The van der Waals surface area contributed by atoms with Gasteiger partial charge in [-0.05, 0) is 37.5 Å². The molecule has 0 saturated heterocycles. The van der Waals surface area contributed by atoms with Gasteiger partial charge in [-0.15, -0.1) is 0 Å². The minimum atomic E-state index is 0.473. The second-order valence-corrected chi connectivity index (χ2v) is 6.61.